The van der Waals surface area contributed by atoms with E-state index in [1.54, 1.807) is 6.92 Å². The Hall–Kier alpha value is -1.13. The Labute approximate surface area is 114 Å². The number of Topliss-reactive ketones (excluding diaryl/α,β-unsaturated/α-hetero) is 1. The van der Waals surface area contributed by atoms with Crippen molar-refractivity contribution < 1.29 is 14.1 Å². The smallest absolute Gasteiger partial charge is 0.399 e. The van der Waals surface area contributed by atoms with Crippen LogP contribution in [0.2, 0.25) is 0 Å². The molecule has 1 saturated heterocycles. The second-order valence-electron chi connectivity index (χ2n) is 5.95. The number of hydrogen-bond donors (Lipinski definition) is 0. The molecule has 19 heavy (non-hydrogen) atoms. The van der Waals surface area contributed by atoms with Crippen LogP contribution in [0.15, 0.2) is 24.3 Å². The molecule has 0 unspecified atom stereocenters. The van der Waals surface area contributed by atoms with Crippen LogP contribution in [0.3, 0.4) is 0 Å². The first kappa shape index (κ1) is 12.9. The fourth-order valence-corrected chi connectivity index (χ4v) is 3.41. The van der Waals surface area contributed by atoms with Gasteiger partial charge in [0.1, 0.15) is 5.60 Å². The SMILES string of the molecule is CC(=O)[C@@]12CCC[C@]1(C)OB(c1ccc(C)cc1)O2. The van der Waals surface area contributed by atoms with Crippen LogP contribution >= 0.6 is 0 Å². The number of fused-ring (bicyclic) bond motifs is 1. The molecule has 100 valence electrons. The molecule has 0 spiro atoms. The number of carbonyl (C=O) groups excluding carboxylic acids is 1. The molecule has 3 nitrogen and oxygen atoms in total. The van der Waals surface area contributed by atoms with E-state index in [2.05, 4.69) is 0 Å². The third-order valence-electron chi connectivity index (χ3n) is 4.63. The number of rotatable bonds is 2. The highest BCUT2D eigenvalue weighted by atomic mass is 16.7. The summed E-state index contributed by atoms with van der Waals surface area (Å²) in [5, 5.41) is 0. The lowest BCUT2D eigenvalue weighted by Gasteiger charge is -2.33. The van der Waals surface area contributed by atoms with Crippen molar-refractivity contribution in [2.24, 2.45) is 0 Å². The van der Waals surface area contributed by atoms with Gasteiger partial charge in [0.05, 0.1) is 5.60 Å². The lowest BCUT2D eigenvalue weighted by Crippen LogP contribution is -2.50. The molecule has 0 radical (unpaired) electrons. The van der Waals surface area contributed by atoms with Crippen LogP contribution in [0.5, 0.6) is 0 Å². The Morgan fingerprint density at radius 1 is 1.21 bits per heavy atom. The monoisotopic (exact) mass is 258 g/mol. The third kappa shape index (κ3) is 1.77. The summed E-state index contributed by atoms with van der Waals surface area (Å²) in [5.74, 6) is 0.0853. The number of aryl methyl sites for hydroxylation is 1. The summed E-state index contributed by atoms with van der Waals surface area (Å²) in [5.41, 5.74) is 0.966. The zero-order valence-electron chi connectivity index (χ0n) is 11.7. The standard InChI is InChI=1S/C15H19BO3/c1-11-5-7-13(8-6-11)16-18-14(3)9-4-10-15(14,19-16)12(2)17/h5-8H,4,9-10H2,1-3H3/t14-,15-/m0/s1. The van der Waals surface area contributed by atoms with E-state index in [0.29, 0.717) is 0 Å². The molecule has 1 aliphatic heterocycles. The molecule has 1 aliphatic carbocycles. The Kier molecular flexibility index (Phi) is 2.84. The first-order chi connectivity index (χ1) is 8.97. The van der Waals surface area contributed by atoms with Crippen molar-refractivity contribution in [3.8, 4) is 0 Å². The number of benzene rings is 1. The maximum Gasteiger partial charge on any atom is 0.495 e. The maximum atomic E-state index is 12.1. The van der Waals surface area contributed by atoms with E-state index in [-0.39, 0.29) is 5.78 Å². The van der Waals surface area contributed by atoms with Crippen molar-refractivity contribution in [3.63, 3.8) is 0 Å². The Balaban J connectivity index is 1.93. The highest BCUT2D eigenvalue weighted by Gasteiger charge is 2.64. The zero-order chi connectivity index (χ0) is 13.7. The van der Waals surface area contributed by atoms with Crippen LogP contribution < -0.4 is 5.46 Å². The predicted molar refractivity (Wildman–Crippen MR) is 74.4 cm³/mol. The average molecular weight is 258 g/mol. The quantitative estimate of drug-likeness (QED) is 0.761. The van der Waals surface area contributed by atoms with Gasteiger partial charge in [0.15, 0.2) is 5.78 Å². The van der Waals surface area contributed by atoms with Crippen LogP contribution in [-0.4, -0.2) is 24.1 Å². The van der Waals surface area contributed by atoms with Crippen molar-refractivity contribution in [2.75, 3.05) is 0 Å². The summed E-state index contributed by atoms with van der Waals surface area (Å²) in [6.07, 6.45) is 2.63. The summed E-state index contributed by atoms with van der Waals surface area (Å²) in [7, 11) is -0.421. The molecule has 3 rings (SSSR count). The zero-order valence-corrected chi connectivity index (χ0v) is 11.7. The molecule has 0 bridgehead atoms. The molecular weight excluding hydrogens is 239 g/mol. The van der Waals surface area contributed by atoms with Crippen molar-refractivity contribution >= 4 is 18.4 Å². The molecule has 1 saturated carbocycles. The molecule has 2 atom stereocenters. The van der Waals surface area contributed by atoms with Gasteiger partial charge < -0.3 is 9.31 Å². The molecule has 4 heteroatoms. The Morgan fingerprint density at radius 2 is 1.89 bits per heavy atom. The van der Waals surface area contributed by atoms with Gasteiger partial charge in [-0.3, -0.25) is 4.79 Å². The molecule has 1 aromatic carbocycles. The van der Waals surface area contributed by atoms with Gasteiger partial charge in [-0.2, -0.15) is 0 Å². The van der Waals surface area contributed by atoms with Gasteiger partial charge in [-0.05, 0) is 45.5 Å². The van der Waals surface area contributed by atoms with E-state index >= 15 is 0 Å². The average Bonchev–Trinajstić information content (AvgIpc) is 2.81. The van der Waals surface area contributed by atoms with Crippen molar-refractivity contribution in [2.45, 2.75) is 51.2 Å². The lowest BCUT2D eigenvalue weighted by molar-refractivity contribution is -0.137. The summed E-state index contributed by atoms with van der Waals surface area (Å²) in [6.45, 7) is 5.67. The minimum Gasteiger partial charge on any atom is -0.399 e. The topological polar surface area (TPSA) is 35.5 Å². The van der Waals surface area contributed by atoms with Gasteiger partial charge in [0.25, 0.3) is 0 Å². The van der Waals surface area contributed by atoms with Gasteiger partial charge in [-0.25, -0.2) is 0 Å². The molecule has 2 fully saturated rings. The predicted octanol–water partition coefficient (Wildman–Crippen LogP) is 2.01. The lowest BCUT2D eigenvalue weighted by atomic mass is 9.78. The molecular formula is C15H19BO3. The van der Waals surface area contributed by atoms with Gasteiger partial charge in [0.2, 0.25) is 0 Å². The van der Waals surface area contributed by atoms with E-state index < -0.39 is 18.3 Å². The van der Waals surface area contributed by atoms with E-state index in [1.165, 1.54) is 5.56 Å². The highest BCUT2D eigenvalue weighted by molar-refractivity contribution is 6.62. The number of hydrogen-bond acceptors (Lipinski definition) is 3. The number of ketones is 1. The molecule has 0 aromatic heterocycles. The van der Waals surface area contributed by atoms with Gasteiger partial charge in [-0.1, -0.05) is 29.8 Å². The van der Waals surface area contributed by atoms with Crippen molar-refractivity contribution in [1.82, 2.24) is 0 Å². The van der Waals surface area contributed by atoms with Crippen LogP contribution in [0.4, 0.5) is 0 Å². The van der Waals surface area contributed by atoms with Crippen molar-refractivity contribution in [1.29, 1.82) is 0 Å². The Morgan fingerprint density at radius 3 is 2.47 bits per heavy atom. The molecule has 0 amide bonds. The summed E-state index contributed by atoms with van der Waals surface area (Å²) in [6, 6.07) is 8.11. The maximum absolute atomic E-state index is 12.1. The summed E-state index contributed by atoms with van der Waals surface area (Å²) < 4.78 is 12.2. The fraction of sp³-hybridized carbons (Fsp3) is 0.533. The van der Waals surface area contributed by atoms with Crippen LogP contribution in [0, 0.1) is 6.92 Å². The number of carbonyl (C=O) groups is 1. The first-order valence-electron chi connectivity index (χ1n) is 6.90. The van der Waals surface area contributed by atoms with Gasteiger partial charge in [0, 0.05) is 0 Å². The molecule has 1 heterocycles. The van der Waals surface area contributed by atoms with E-state index in [9.17, 15) is 4.79 Å². The molecule has 1 aromatic rings. The minimum absolute atomic E-state index is 0.0853. The van der Waals surface area contributed by atoms with Crippen molar-refractivity contribution in [3.05, 3.63) is 29.8 Å². The highest BCUT2D eigenvalue weighted by Crippen LogP contribution is 2.50. The molecule has 2 aliphatic rings. The molecule has 0 N–H and O–H groups in total. The summed E-state index contributed by atoms with van der Waals surface area (Å²) >= 11 is 0. The van der Waals surface area contributed by atoms with Gasteiger partial charge in [-0.15, -0.1) is 0 Å². The van der Waals surface area contributed by atoms with E-state index in [4.69, 9.17) is 9.31 Å². The van der Waals surface area contributed by atoms with Crippen LogP contribution in [-0.2, 0) is 14.1 Å². The second-order valence-corrected chi connectivity index (χ2v) is 5.95. The van der Waals surface area contributed by atoms with Crippen LogP contribution in [0.25, 0.3) is 0 Å². The minimum atomic E-state index is -0.747. The van der Waals surface area contributed by atoms with E-state index in [0.717, 1.165) is 24.7 Å². The normalized spacial score (nSPS) is 33.5. The van der Waals surface area contributed by atoms with E-state index in [1.807, 2.05) is 38.1 Å². The summed E-state index contributed by atoms with van der Waals surface area (Å²) in [4.78, 5) is 12.1. The van der Waals surface area contributed by atoms with Gasteiger partial charge >= 0.3 is 7.12 Å². The third-order valence-corrected chi connectivity index (χ3v) is 4.63. The second kappa shape index (κ2) is 4.19. The van der Waals surface area contributed by atoms with Crippen LogP contribution in [0.1, 0.15) is 38.7 Å². The first-order valence-corrected chi connectivity index (χ1v) is 6.90. The largest absolute Gasteiger partial charge is 0.495 e. The Bertz CT molecular complexity index is 513. The fourth-order valence-electron chi connectivity index (χ4n) is 3.41.